The molecule has 0 aromatic carbocycles. The zero-order valence-corrected chi connectivity index (χ0v) is 11.1. The summed E-state index contributed by atoms with van der Waals surface area (Å²) in [5.41, 5.74) is 0. The van der Waals surface area contributed by atoms with E-state index in [-0.39, 0.29) is 36.0 Å². The number of rotatable bonds is 6. The minimum atomic E-state index is -5.63. The Bertz CT molecular complexity index is 222. The molecule has 1 atom stereocenters. The Morgan fingerprint density at radius 1 is 1.25 bits per heavy atom. The molecule has 8 heteroatoms. The molecule has 0 aliphatic rings. The van der Waals surface area contributed by atoms with Gasteiger partial charge in [-0.2, -0.15) is 17.6 Å². The van der Waals surface area contributed by atoms with Crippen LogP contribution in [0.5, 0.6) is 0 Å². The van der Waals surface area contributed by atoms with Crippen molar-refractivity contribution < 1.29 is 61.8 Å². The van der Waals surface area contributed by atoms with Crippen molar-refractivity contribution >= 4 is 5.97 Å². The number of hydrogen-bond acceptors (Lipinski definition) is 3. The fourth-order valence-electron chi connectivity index (χ4n) is 0.821. The molecule has 0 saturated heterocycles. The predicted molar refractivity (Wildman–Crippen MR) is 40.4 cm³/mol. The first-order valence-corrected chi connectivity index (χ1v) is 4.36. The standard InChI is InChI=1S/C8H12F4O3.Na/c1-2-3-4-5-15-7(9,6(13)14)8(10,11)12;/h2-5H2,1H3,(H,13,14);/q;+1/p-1. The SMILES string of the molecule is CCCCCOC(F)(C(=O)[O-])C(F)(F)F.[Na+]. The van der Waals surface area contributed by atoms with E-state index in [1.807, 2.05) is 0 Å². The van der Waals surface area contributed by atoms with Gasteiger partial charge >= 0.3 is 41.6 Å². The molecule has 90 valence electrons. The minimum Gasteiger partial charge on any atom is -0.544 e. The zero-order chi connectivity index (χ0) is 12.1. The molecule has 0 radical (unpaired) electrons. The first-order valence-electron chi connectivity index (χ1n) is 4.36. The monoisotopic (exact) mass is 254 g/mol. The Morgan fingerprint density at radius 3 is 2.06 bits per heavy atom. The van der Waals surface area contributed by atoms with Crippen LogP contribution in [0, 0.1) is 0 Å². The summed E-state index contributed by atoms with van der Waals surface area (Å²) >= 11 is 0. The van der Waals surface area contributed by atoms with Gasteiger partial charge in [-0.15, -0.1) is 0 Å². The van der Waals surface area contributed by atoms with Crippen molar-refractivity contribution in [2.75, 3.05) is 6.61 Å². The smallest absolute Gasteiger partial charge is 0.544 e. The number of alkyl halides is 4. The van der Waals surface area contributed by atoms with E-state index in [2.05, 4.69) is 4.74 Å². The molecular weight excluding hydrogens is 243 g/mol. The summed E-state index contributed by atoms with van der Waals surface area (Å²) in [5, 5.41) is 10.0. The average molecular weight is 254 g/mol. The van der Waals surface area contributed by atoms with Gasteiger partial charge in [0, 0.05) is 0 Å². The normalized spacial score (nSPS) is 15.1. The van der Waals surface area contributed by atoms with E-state index in [0.29, 0.717) is 12.8 Å². The Kier molecular flexibility index (Phi) is 8.64. The third-order valence-electron chi connectivity index (χ3n) is 1.68. The summed E-state index contributed by atoms with van der Waals surface area (Å²) in [5.74, 6) is -7.63. The van der Waals surface area contributed by atoms with Crippen molar-refractivity contribution in [3.63, 3.8) is 0 Å². The van der Waals surface area contributed by atoms with Gasteiger partial charge < -0.3 is 14.6 Å². The first kappa shape index (κ1) is 18.5. The van der Waals surface area contributed by atoms with Crippen LogP contribution >= 0.6 is 0 Å². The van der Waals surface area contributed by atoms with Gasteiger partial charge in [0.2, 0.25) is 0 Å². The maximum atomic E-state index is 12.8. The maximum Gasteiger partial charge on any atom is 1.00 e. The number of hydrogen-bond donors (Lipinski definition) is 0. The Morgan fingerprint density at radius 2 is 1.75 bits per heavy atom. The molecule has 0 spiro atoms. The van der Waals surface area contributed by atoms with Gasteiger partial charge in [0.1, 0.15) is 5.97 Å². The molecule has 0 aromatic heterocycles. The van der Waals surface area contributed by atoms with Crippen molar-refractivity contribution in [2.45, 2.75) is 38.2 Å². The van der Waals surface area contributed by atoms with Crippen LogP contribution in [0.25, 0.3) is 0 Å². The molecule has 16 heavy (non-hydrogen) atoms. The molecule has 3 nitrogen and oxygen atoms in total. The van der Waals surface area contributed by atoms with Crippen molar-refractivity contribution in [3.8, 4) is 0 Å². The van der Waals surface area contributed by atoms with E-state index in [9.17, 15) is 27.5 Å². The van der Waals surface area contributed by atoms with Crippen LogP contribution in [-0.2, 0) is 9.53 Å². The summed E-state index contributed by atoms with van der Waals surface area (Å²) in [6.45, 7) is 1.17. The van der Waals surface area contributed by atoms with E-state index in [1.54, 1.807) is 6.92 Å². The number of aliphatic carboxylic acids is 1. The number of carboxylic acids is 1. The molecule has 0 aliphatic heterocycles. The molecule has 0 heterocycles. The van der Waals surface area contributed by atoms with Crippen LogP contribution in [0.2, 0.25) is 0 Å². The maximum absolute atomic E-state index is 12.8. The number of ether oxygens (including phenoxy) is 1. The molecule has 0 aliphatic carbocycles. The third kappa shape index (κ3) is 4.99. The van der Waals surface area contributed by atoms with Crippen LogP contribution < -0.4 is 34.7 Å². The Balaban J connectivity index is 0. The summed E-state index contributed by atoms with van der Waals surface area (Å²) in [7, 11) is 0. The average Bonchev–Trinajstić information content (AvgIpc) is 2.09. The molecule has 0 rings (SSSR count). The summed E-state index contributed by atoms with van der Waals surface area (Å²) in [6, 6.07) is 0. The first-order chi connectivity index (χ1) is 6.75. The van der Waals surface area contributed by atoms with E-state index in [4.69, 9.17) is 0 Å². The number of unbranched alkanes of at least 4 members (excludes halogenated alkanes) is 2. The minimum absolute atomic E-state index is 0. The molecular formula is C8H11F4NaO3. The van der Waals surface area contributed by atoms with Gasteiger partial charge in [-0.3, -0.25) is 0 Å². The summed E-state index contributed by atoms with van der Waals surface area (Å²) in [4.78, 5) is 10.0. The van der Waals surface area contributed by atoms with Crippen LogP contribution in [0.15, 0.2) is 0 Å². The van der Waals surface area contributed by atoms with Gasteiger partial charge in [-0.05, 0) is 6.42 Å². The molecule has 1 unspecified atom stereocenters. The summed E-state index contributed by atoms with van der Waals surface area (Å²) < 4.78 is 52.4. The van der Waals surface area contributed by atoms with Gasteiger partial charge in [-0.1, -0.05) is 19.8 Å². The third-order valence-corrected chi connectivity index (χ3v) is 1.68. The van der Waals surface area contributed by atoms with E-state index >= 15 is 0 Å². The van der Waals surface area contributed by atoms with Crippen molar-refractivity contribution in [1.29, 1.82) is 0 Å². The fourth-order valence-corrected chi connectivity index (χ4v) is 0.821. The van der Waals surface area contributed by atoms with Crippen molar-refractivity contribution in [3.05, 3.63) is 0 Å². The number of carbonyl (C=O) groups is 1. The second-order valence-electron chi connectivity index (χ2n) is 2.94. The van der Waals surface area contributed by atoms with Crippen molar-refractivity contribution in [2.24, 2.45) is 0 Å². The molecule has 0 amide bonds. The summed E-state index contributed by atoms with van der Waals surface area (Å²) in [6.07, 6.45) is -4.25. The molecule has 0 aromatic rings. The second-order valence-corrected chi connectivity index (χ2v) is 2.94. The number of carbonyl (C=O) groups excluding carboxylic acids is 1. The van der Waals surface area contributed by atoms with E-state index in [1.165, 1.54) is 0 Å². The van der Waals surface area contributed by atoms with E-state index < -0.39 is 24.6 Å². The quantitative estimate of drug-likeness (QED) is 0.318. The Labute approximate surface area is 112 Å². The van der Waals surface area contributed by atoms with Gasteiger partial charge in [0.05, 0.1) is 6.61 Å². The molecule has 0 bridgehead atoms. The van der Waals surface area contributed by atoms with Crippen LogP contribution in [0.3, 0.4) is 0 Å². The largest absolute Gasteiger partial charge is 1.00 e. The van der Waals surface area contributed by atoms with Crippen LogP contribution in [-0.4, -0.2) is 24.6 Å². The fraction of sp³-hybridized carbons (Fsp3) is 0.875. The molecule has 0 N–H and O–H groups in total. The predicted octanol–water partition coefficient (Wildman–Crippen LogP) is -1.82. The second kappa shape index (κ2) is 7.47. The van der Waals surface area contributed by atoms with Gasteiger partial charge in [0.15, 0.2) is 0 Å². The zero-order valence-electron chi connectivity index (χ0n) is 9.07. The number of halogens is 4. The van der Waals surface area contributed by atoms with E-state index in [0.717, 1.165) is 0 Å². The topological polar surface area (TPSA) is 49.4 Å². The van der Waals surface area contributed by atoms with Crippen LogP contribution in [0.1, 0.15) is 26.2 Å². The molecule has 0 fully saturated rings. The van der Waals surface area contributed by atoms with Gasteiger partial charge in [-0.25, -0.2) is 0 Å². The van der Waals surface area contributed by atoms with Crippen LogP contribution in [0.4, 0.5) is 17.6 Å². The molecule has 0 saturated carbocycles. The van der Waals surface area contributed by atoms with Crippen molar-refractivity contribution in [1.82, 2.24) is 0 Å². The van der Waals surface area contributed by atoms with Gasteiger partial charge in [0.25, 0.3) is 0 Å². The Hall–Kier alpha value is 0.150. The number of carboxylic acid groups (broad SMARTS) is 1.